The second-order valence-corrected chi connectivity index (χ2v) is 8.11. The fourth-order valence-corrected chi connectivity index (χ4v) is 4.35. The molecule has 1 saturated carbocycles. The number of carbonyl (C=O) groups is 2. The first-order valence-electron chi connectivity index (χ1n) is 10.7. The highest BCUT2D eigenvalue weighted by Gasteiger charge is 2.23. The van der Waals surface area contributed by atoms with E-state index in [1.54, 1.807) is 12.1 Å². The Labute approximate surface area is 176 Å². The van der Waals surface area contributed by atoms with Crippen molar-refractivity contribution in [2.75, 3.05) is 29.0 Å². The monoisotopic (exact) mass is 408 g/mol. The third-order valence-electron chi connectivity index (χ3n) is 6.03. The van der Waals surface area contributed by atoms with Crippen LogP contribution < -0.4 is 21.7 Å². The third kappa shape index (κ3) is 4.22. The molecule has 1 aliphatic carbocycles. The van der Waals surface area contributed by atoms with Gasteiger partial charge in [-0.25, -0.2) is 9.97 Å². The summed E-state index contributed by atoms with van der Waals surface area (Å²) in [5, 5.41) is 2.90. The number of nitrogen functional groups attached to an aromatic ring is 1. The summed E-state index contributed by atoms with van der Waals surface area (Å²) in [6.07, 6.45) is 9.34. The zero-order valence-corrected chi connectivity index (χ0v) is 17.1. The highest BCUT2D eigenvalue weighted by atomic mass is 16.2. The van der Waals surface area contributed by atoms with E-state index < -0.39 is 11.8 Å². The Balaban J connectivity index is 1.60. The first-order chi connectivity index (χ1) is 14.5. The van der Waals surface area contributed by atoms with Crippen LogP contribution in [0.25, 0.3) is 0 Å². The molecule has 30 heavy (non-hydrogen) atoms. The molecule has 2 aliphatic rings. The van der Waals surface area contributed by atoms with Crippen LogP contribution in [0.5, 0.6) is 0 Å². The molecule has 8 heteroatoms. The second kappa shape index (κ2) is 8.69. The van der Waals surface area contributed by atoms with Crippen LogP contribution in [0, 0.1) is 0 Å². The molecule has 0 spiro atoms. The van der Waals surface area contributed by atoms with Gasteiger partial charge in [0, 0.05) is 30.8 Å². The molecule has 2 aromatic rings. The minimum atomic E-state index is -0.542. The number of nitrogens with two attached hydrogens (primary N) is 2. The van der Waals surface area contributed by atoms with Gasteiger partial charge in [-0.05, 0) is 50.3 Å². The molecular weight excluding hydrogens is 380 g/mol. The quantitative estimate of drug-likeness (QED) is 0.698. The number of hydrogen-bond acceptors (Lipinski definition) is 6. The van der Waals surface area contributed by atoms with E-state index in [-0.39, 0.29) is 11.4 Å². The van der Waals surface area contributed by atoms with Crippen molar-refractivity contribution in [1.82, 2.24) is 9.97 Å². The first-order valence-corrected chi connectivity index (χ1v) is 10.7. The molecule has 158 valence electrons. The number of amides is 2. The number of nitrogens with one attached hydrogen (secondary N) is 1. The molecule has 1 aliphatic heterocycles. The van der Waals surface area contributed by atoms with Crippen molar-refractivity contribution in [3.8, 4) is 0 Å². The predicted octanol–water partition coefficient (Wildman–Crippen LogP) is 3.06. The van der Waals surface area contributed by atoms with E-state index >= 15 is 0 Å². The zero-order chi connectivity index (χ0) is 21.1. The van der Waals surface area contributed by atoms with Crippen molar-refractivity contribution < 1.29 is 9.59 Å². The molecule has 8 nitrogen and oxygen atoms in total. The van der Waals surface area contributed by atoms with Crippen LogP contribution in [0.1, 0.15) is 77.4 Å². The van der Waals surface area contributed by atoms with Crippen LogP contribution in [0.15, 0.2) is 24.4 Å². The SMILES string of the molecule is NC(=O)c1ccc(N2CCCCC2)c(NC(=O)c2cnc(C3CCCC3)nc2N)c1. The summed E-state index contributed by atoms with van der Waals surface area (Å²) < 4.78 is 0. The normalized spacial score (nSPS) is 17.1. The molecule has 1 aromatic heterocycles. The number of piperidine rings is 1. The van der Waals surface area contributed by atoms with Crippen molar-refractivity contribution in [2.45, 2.75) is 50.9 Å². The number of benzene rings is 1. The van der Waals surface area contributed by atoms with E-state index in [0.29, 0.717) is 23.0 Å². The van der Waals surface area contributed by atoms with Crippen molar-refractivity contribution in [2.24, 2.45) is 5.73 Å². The van der Waals surface area contributed by atoms with Crippen molar-refractivity contribution in [3.63, 3.8) is 0 Å². The number of nitrogens with zero attached hydrogens (tertiary/aromatic N) is 3. The van der Waals surface area contributed by atoms with Gasteiger partial charge >= 0.3 is 0 Å². The Hall–Kier alpha value is -3.16. The van der Waals surface area contributed by atoms with E-state index in [1.165, 1.54) is 25.5 Å². The number of carbonyl (C=O) groups excluding carboxylic acids is 2. The van der Waals surface area contributed by atoms with Gasteiger partial charge in [-0.15, -0.1) is 0 Å². The summed E-state index contributed by atoms with van der Waals surface area (Å²) in [7, 11) is 0. The van der Waals surface area contributed by atoms with Gasteiger partial charge in [0.15, 0.2) is 0 Å². The number of anilines is 3. The van der Waals surface area contributed by atoms with E-state index in [1.807, 2.05) is 6.07 Å². The Kier molecular flexibility index (Phi) is 5.83. The molecule has 5 N–H and O–H groups in total. The van der Waals surface area contributed by atoms with E-state index in [0.717, 1.165) is 44.5 Å². The molecule has 2 heterocycles. The molecule has 1 aromatic carbocycles. The third-order valence-corrected chi connectivity index (χ3v) is 6.03. The van der Waals surface area contributed by atoms with Crippen molar-refractivity contribution >= 4 is 29.0 Å². The van der Waals surface area contributed by atoms with Gasteiger partial charge in [0.2, 0.25) is 5.91 Å². The maximum Gasteiger partial charge on any atom is 0.261 e. The highest BCUT2D eigenvalue weighted by Crippen LogP contribution is 2.33. The Morgan fingerprint density at radius 3 is 2.47 bits per heavy atom. The Morgan fingerprint density at radius 1 is 1.07 bits per heavy atom. The van der Waals surface area contributed by atoms with Gasteiger partial charge in [0.05, 0.1) is 11.4 Å². The lowest BCUT2D eigenvalue weighted by Gasteiger charge is -2.30. The van der Waals surface area contributed by atoms with E-state index in [4.69, 9.17) is 11.5 Å². The molecule has 2 amide bonds. The van der Waals surface area contributed by atoms with Crippen LogP contribution in [0.3, 0.4) is 0 Å². The second-order valence-electron chi connectivity index (χ2n) is 8.11. The number of hydrogen-bond donors (Lipinski definition) is 3. The summed E-state index contributed by atoms with van der Waals surface area (Å²) in [6.45, 7) is 1.81. The van der Waals surface area contributed by atoms with Crippen LogP contribution in [0.2, 0.25) is 0 Å². The Morgan fingerprint density at radius 2 is 1.80 bits per heavy atom. The summed E-state index contributed by atoms with van der Waals surface area (Å²) in [5.74, 6) is 0.272. The first kappa shape index (κ1) is 20.1. The van der Waals surface area contributed by atoms with Crippen LogP contribution in [-0.2, 0) is 0 Å². The van der Waals surface area contributed by atoms with Crippen LogP contribution in [0.4, 0.5) is 17.2 Å². The number of primary amides is 1. The lowest BCUT2D eigenvalue weighted by Crippen LogP contribution is -2.30. The van der Waals surface area contributed by atoms with E-state index in [2.05, 4.69) is 20.2 Å². The fourth-order valence-electron chi connectivity index (χ4n) is 4.35. The summed E-state index contributed by atoms with van der Waals surface area (Å²) in [6, 6.07) is 5.15. The average Bonchev–Trinajstić information content (AvgIpc) is 3.29. The van der Waals surface area contributed by atoms with Crippen LogP contribution >= 0.6 is 0 Å². The smallest absolute Gasteiger partial charge is 0.261 e. The Bertz CT molecular complexity index is 949. The molecule has 0 radical (unpaired) electrons. The standard InChI is InChI=1S/C22H28N6O2/c23-19-16(13-25-21(27-19)14-6-2-3-7-14)22(30)26-17-12-15(20(24)29)8-9-18(17)28-10-4-1-5-11-28/h8-9,12-14H,1-7,10-11H2,(H2,24,29)(H,26,30)(H2,23,25,27). The molecular formula is C22H28N6O2. The lowest BCUT2D eigenvalue weighted by atomic mass is 10.1. The van der Waals surface area contributed by atoms with E-state index in [9.17, 15) is 9.59 Å². The van der Waals surface area contributed by atoms with Crippen molar-refractivity contribution in [1.29, 1.82) is 0 Å². The summed E-state index contributed by atoms with van der Waals surface area (Å²) >= 11 is 0. The van der Waals surface area contributed by atoms with Gasteiger partial charge in [-0.2, -0.15) is 0 Å². The fraction of sp³-hybridized carbons (Fsp3) is 0.455. The number of aromatic nitrogens is 2. The molecule has 0 bridgehead atoms. The van der Waals surface area contributed by atoms with Crippen molar-refractivity contribution in [3.05, 3.63) is 41.3 Å². The number of rotatable bonds is 5. The molecule has 4 rings (SSSR count). The van der Waals surface area contributed by atoms with Gasteiger partial charge in [0.1, 0.15) is 17.2 Å². The maximum atomic E-state index is 13.0. The highest BCUT2D eigenvalue weighted by molar-refractivity contribution is 6.09. The molecule has 0 unspecified atom stereocenters. The maximum absolute atomic E-state index is 13.0. The topological polar surface area (TPSA) is 127 Å². The lowest BCUT2D eigenvalue weighted by molar-refractivity contribution is 0.0996. The van der Waals surface area contributed by atoms with Gasteiger partial charge in [-0.1, -0.05) is 12.8 Å². The van der Waals surface area contributed by atoms with Gasteiger partial charge in [0.25, 0.3) is 5.91 Å². The molecule has 2 fully saturated rings. The summed E-state index contributed by atoms with van der Waals surface area (Å²) in [5.41, 5.74) is 13.5. The summed E-state index contributed by atoms with van der Waals surface area (Å²) in [4.78, 5) is 35.7. The predicted molar refractivity (Wildman–Crippen MR) is 117 cm³/mol. The molecule has 1 saturated heterocycles. The largest absolute Gasteiger partial charge is 0.383 e. The van der Waals surface area contributed by atoms with Gasteiger partial charge in [-0.3, -0.25) is 9.59 Å². The minimum absolute atomic E-state index is 0.176. The average molecular weight is 409 g/mol. The molecule has 0 atom stereocenters. The van der Waals surface area contributed by atoms with Crippen LogP contribution in [-0.4, -0.2) is 34.9 Å². The zero-order valence-electron chi connectivity index (χ0n) is 17.1. The minimum Gasteiger partial charge on any atom is -0.383 e. The van der Waals surface area contributed by atoms with Gasteiger partial charge < -0.3 is 21.7 Å².